The summed E-state index contributed by atoms with van der Waals surface area (Å²) in [7, 11) is 4.08. The van der Waals surface area contributed by atoms with E-state index in [9.17, 15) is 4.39 Å². The minimum atomic E-state index is -0.337. The molecule has 1 aromatic heterocycles. The van der Waals surface area contributed by atoms with Crippen molar-refractivity contribution in [1.29, 1.82) is 0 Å². The average molecular weight is 423 g/mol. The standard InChI is InChI=1S/C19H20ClFN4S2/c1-25(2)10-14-5-3-4-13(6-14)9-22-17-8-16(21)18(7-15(17)20)27-24-19-11-26-12-23-19/h3-8,11-12,22,24H,9-10H2,1-2H3. The Morgan fingerprint density at radius 3 is 2.78 bits per heavy atom. The molecule has 0 saturated carbocycles. The number of halogens is 2. The Labute approximate surface area is 171 Å². The van der Waals surface area contributed by atoms with Crippen LogP contribution in [-0.4, -0.2) is 24.0 Å². The molecular formula is C19H20ClFN4S2. The summed E-state index contributed by atoms with van der Waals surface area (Å²) in [5.41, 5.74) is 4.64. The van der Waals surface area contributed by atoms with E-state index >= 15 is 0 Å². The van der Waals surface area contributed by atoms with Crippen molar-refractivity contribution in [2.75, 3.05) is 24.1 Å². The number of nitrogens with one attached hydrogen (secondary N) is 2. The summed E-state index contributed by atoms with van der Waals surface area (Å²) in [5, 5.41) is 5.55. The van der Waals surface area contributed by atoms with Gasteiger partial charge >= 0.3 is 0 Å². The van der Waals surface area contributed by atoms with Gasteiger partial charge in [0, 0.05) is 18.5 Å². The van der Waals surface area contributed by atoms with Gasteiger partial charge in [-0.25, -0.2) is 9.37 Å². The fourth-order valence-electron chi connectivity index (χ4n) is 2.51. The van der Waals surface area contributed by atoms with Crippen molar-refractivity contribution in [1.82, 2.24) is 9.88 Å². The highest BCUT2D eigenvalue weighted by Crippen LogP contribution is 2.32. The fourth-order valence-corrected chi connectivity index (χ4v) is 4.03. The summed E-state index contributed by atoms with van der Waals surface area (Å²) in [6, 6.07) is 11.3. The molecule has 142 valence electrons. The van der Waals surface area contributed by atoms with Gasteiger partial charge in [0.25, 0.3) is 0 Å². The lowest BCUT2D eigenvalue weighted by Crippen LogP contribution is -2.11. The van der Waals surface area contributed by atoms with Crippen LogP contribution >= 0.6 is 34.9 Å². The molecule has 2 N–H and O–H groups in total. The van der Waals surface area contributed by atoms with Crippen LogP contribution in [0.15, 0.2) is 52.2 Å². The summed E-state index contributed by atoms with van der Waals surface area (Å²) < 4.78 is 17.4. The Kier molecular flexibility index (Phi) is 6.95. The molecule has 0 fully saturated rings. The molecule has 0 spiro atoms. The lowest BCUT2D eigenvalue weighted by Gasteiger charge is -2.13. The molecule has 0 saturated heterocycles. The zero-order valence-electron chi connectivity index (χ0n) is 15.0. The van der Waals surface area contributed by atoms with E-state index in [0.717, 1.165) is 24.1 Å². The number of aromatic nitrogens is 1. The number of benzene rings is 2. The van der Waals surface area contributed by atoms with Crippen molar-refractivity contribution >= 4 is 46.4 Å². The van der Waals surface area contributed by atoms with E-state index in [4.69, 9.17) is 11.6 Å². The Hall–Kier alpha value is -1.80. The van der Waals surface area contributed by atoms with E-state index in [2.05, 4.69) is 32.1 Å². The summed E-state index contributed by atoms with van der Waals surface area (Å²) in [6.07, 6.45) is 0. The number of hydrogen-bond acceptors (Lipinski definition) is 6. The topological polar surface area (TPSA) is 40.2 Å². The van der Waals surface area contributed by atoms with Crippen LogP contribution in [0.5, 0.6) is 0 Å². The number of hydrogen-bond donors (Lipinski definition) is 2. The maximum atomic E-state index is 14.4. The van der Waals surface area contributed by atoms with Crippen LogP contribution in [0.25, 0.3) is 0 Å². The second-order valence-electron chi connectivity index (χ2n) is 6.25. The van der Waals surface area contributed by atoms with Gasteiger partial charge in [0.05, 0.1) is 21.1 Å². The highest BCUT2D eigenvalue weighted by atomic mass is 35.5. The van der Waals surface area contributed by atoms with Gasteiger partial charge in [-0.2, -0.15) is 0 Å². The zero-order valence-corrected chi connectivity index (χ0v) is 17.4. The van der Waals surface area contributed by atoms with Gasteiger partial charge in [-0.1, -0.05) is 35.9 Å². The van der Waals surface area contributed by atoms with Crippen molar-refractivity contribution in [3.05, 3.63) is 69.3 Å². The first kappa shape index (κ1) is 19.9. The molecule has 0 aliphatic carbocycles. The molecule has 8 heteroatoms. The maximum Gasteiger partial charge on any atom is 0.147 e. The highest BCUT2D eigenvalue weighted by molar-refractivity contribution is 8.00. The van der Waals surface area contributed by atoms with Gasteiger partial charge in [-0.05, 0) is 49.3 Å². The van der Waals surface area contributed by atoms with Crippen LogP contribution < -0.4 is 10.0 Å². The van der Waals surface area contributed by atoms with Gasteiger partial charge in [0.1, 0.15) is 11.6 Å². The maximum absolute atomic E-state index is 14.4. The molecule has 3 rings (SSSR count). The van der Waals surface area contributed by atoms with Crippen LogP contribution in [-0.2, 0) is 13.1 Å². The molecule has 27 heavy (non-hydrogen) atoms. The molecular weight excluding hydrogens is 403 g/mol. The van der Waals surface area contributed by atoms with E-state index in [1.54, 1.807) is 11.6 Å². The highest BCUT2D eigenvalue weighted by Gasteiger charge is 2.10. The van der Waals surface area contributed by atoms with Gasteiger partial charge in [0.2, 0.25) is 0 Å². The summed E-state index contributed by atoms with van der Waals surface area (Å²) >= 11 is 8.96. The van der Waals surface area contributed by atoms with E-state index in [0.29, 0.717) is 28.0 Å². The lowest BCUT2D eigenvalue weighted by molar-refractivity contribution is 0.402. The number of thiazole rings is 1. The molecule has 0 amide bonds. The molecule has 2 aromatic carbocycles. The SMILES string of the molecule is CN(C)Cc1cccc(CNc2cc(F)c(SNc3cscn3)cc2Cl)c1. The quantitative estimate of drug-likeness (QED) is 0.454. The first-order valence-electron chi connectivity index (χ1n) is 8.28. The second kappa shape index (κ2) is 9.41. The average Bonchev–Trinajstić information content (AvgIpc) is 3.14. The van der Waals surface area contributed by atoms with Crippen molar-refractivity contribution in [3.63, 3.8) is 0 Å². The van der Waals surface area contributed by atoms with Crippen LogP contribution in [0, 0.1) is 5.82 Å². The number of anilines is 2. The lowest BCUT2D eigenvalue weighted by atomic mass is 10.1. The third-order valence-electron chi connectivity index (χ3n) is 3.69. The third kappa shape index (κ3) is 5.84. The number of rotatable bonds is 8. The zero-order chi connectivity index (χ0) is 19.2. The van der Waals surface area contributed by atoms with Crippen molar-refractivity contribution in [2.24, 2.45) is 0 Å². The predicted molar refractivity (Wildman–Crippen MR) is 114 cm³/mol. The van der Waals surface area contributed by atoms with Crippen LogP contribution in [0.1, 0.15) is 11.1 Å². The van der Waals surface area contributed by atoms with Crippen molar-refractivity contribution in [2.45, 2.75) is 18.0 Å². The van der Waals surface area contributed by atoms with E-state index in [-0.39, 0.29) is 5.82 Å². The third-order valence-corrected chi connectivity index (χ3v) is 5.44. The summed E-state index contributed by atoms with van der Waals surface area (Å²) in [4.78, 5) is 6.65. The molecule has 0 aliphatic rings. The second-order valence-corrected chi connectivity index (χ2v) is 8.23. The van der Waals surface area contributed by atoms with Gasteiger partial charge < -0.3 is 14.9 Å². The number of nitrogens with zero attached hydrogens (tertiary/aromatic N) is 2. The molecule has 0 bridgehead atoms. The van der Waals surface area contributed by atoms with Gasteiger partial charge in [-0.15, -0.1) is 11.3 Å². The molecule has 1 heterocycles. The fraction of sp³-hybridized carbons (Fsp3) is 0.211. The van der Waals surface area contributed by atoms with Crippen molar-refractivity contribution in [3.8, 4) is 0 Å². The molecule has 3 aromatic rings. The van der Waals surface area contributed by atoms with Gasteiger partial charge in [-0.3, -0.25) is 0 Å². The monoisotopic (exact) mass is 422 g/mol. The summed E-state index contributed by atoms with van der Waals surface area (Å²) in [6.45, 7) is 1.45. The Bertz CT molecular complexity index is 887. The van der Waals surface area contributed by atoms with E-state index < -0.39 is 0 Å². The minimum absolute atomic E-state index is 0.337. The normalized spacial score (nSPS) is 11.0. The van der Waals surface area contributed by atoms with Crippen LogP contribution in [0.3, 0.4) is 0 Å². The molecule has 0 radical (unpaired) electrons. The molecule has 4 nitrogen and oxygen atoms in total. The molecule has 0 unspecified atom stereocenters. The predicted octanol–water partition coefficient (Wildman–Crippen LogP) is 5.73. The van der Waals surface area contributed by atoms with E-state index in [1.165, 1.54) is 23.0 Å². The van der Waals surface area contributed by atoms with Crippen LogP contribution in [0.4, 0.5) is 15.9 Å². The van der Waals surface area contributed by atoms with E-state index in [1.807, 2.05) is 31.6 Å². The van der Waals surface area contributed by atoms with Crippen molar-refractivity contribution < 1.29 is 4.39 Å². The Balaban J connectivity index is 1.64. The first-order chi connectivity index (χ1) is 13.0. The smallest absolute Gasteiger partial charge is 0.147 e. The van der Waals surface area contributed by atoms with Gasteiger partial charge in [0.15, 0.2) is 0 Å². The minimum Gasteiger partial charge on any atom is -0.380 e. The first-order valence-corrected chi connectivity index (χ1v) is 10.4. The summed E-state index contributed by atoms with van der Waals surface area (Å²) in [5.74, 6) is 0.358. The molecule has 0 aliphatic heterocycles. The van der Waals surface area contributed by atoms with Crippen LogP contribution in [0.2, 0.25) is 5.02 Å². The Morgan fingerprint density at radius 2 is 2.04 bits per heavy atom. The molecule has 0 atom stereocenters. The largest absolute Gasteiger partial charge is 0.380 e. The Morgan fingerprint density at radius 1 is 1.22 bits per heavy atom.